The number of hydrogen-bond donors (Lipinski definition) is 1. The molecule has 6 nitrogen and oxygen atoms in total. The lowest BCUT2D eigenvalue weighted by Gasteiger charge is -2.15. The molecule has 124 valence electrons. The zero-order valence-electron chi connectivity index (χ0n) is 14.2. The lowest BCUT2D eigenvalue weighted by Crippen LogP contribution is -2.17. The summed E-state index contributed by atoms with van der Waals surface area (Å²) in [6.07, 6.45) is 1.69. The van der Waals surface area contributed by atoms with Crippen LogP contribution in [0.5, 0.6) is 11.5 Å². The van der Waals surface area contributed by atoms with Crippen molar-refractivity contribution in [3.63, 3.8) is 0 Å². The number of ether oxygens (including phenoxy) is 2. The van der Waals surface area contributed by atoms with Crippen molar-refractivity contribution in [2.75, 3.05) is 12.4 Å². The summed E-state index contributed by atoms with van der Waals surface area (Å²) >= 11 is 0. The van der Waals surface area contributed by atoms with Crippen LogP contribution in [0.2, 0.25) is 0 Å². The summed E-state index contributed by atoms with van der Waals surface area (Å²) in [4.78, 5) is 12.4. The summed E-state index contributed by atoms with van der Waals surface area (Å²) in [5.41, 5.74) is 0.495. The molecule has 0 saturated carbocycles. The Kier molecular flexibility index (Phi) is 5.26. The smallest absolute Gasteiger partial charge is 0.256 e. The van der Waals surface area contributed by atoms with Crippen molar-refractivity contribution >= 4 is 11.7 Å². The molecule has 1 N–H and O–H groups in total. The molecule has 0 fully saturated rings. The van der Waals surface area contributed by atoms with E-state index in [1.807, 2.05) is 27.7 Å². The minimum atomic E-state index is -0.221. The SMILES string of the molecule is COc1cc(C(=O)Nc2ccnn2C(C)C)ccc1OC(C)C. The van der Waals surface area contributed by atoms with Gasteiger partial charge in [-0.05, 0) is 45.9 Å². The van der Waals surface area contributed by atoms with Gasteiger partial charge in [-0.1, -0.05) is 0 Å². The molecule has 0 radical (unpaired) electrons. The van der Waals surface area contributed by atoms with Crippen LogP contribution in [-0.4, -0.2) is 28.9 Å². The molecule has 0 unspecified atom stereocenters. The fraction of sp³-hybridized carbons (Fsp3) is 0.412. The maximum atomic E-state index is 12.4. The highest BCUT2D eigenvalue weighted by Gasteiger charge is 2.14. The molecule has 1 aromatic heterocycles. The summed E-state index contributed by atoms with van der Waals surface area (Å²) < 4.78 is 12.7. The second-order valence-corrected chi connectivity index (χ2v) is 5.74. The average Bonchev–Trinajstić information content (AvgIpc) is 2.95. The van der Waals surface area contributed by atoms with E-state index in [1.54, 1.807) is 42.3 Å². The number of carbonyl (C=O) groups excluding carboxylic acids is 1. The summed E-state index contributed by atoms with van der Waals surface area (Å²) in [6.45, 7) is 7.88. The van der Waals surface area contributed by atoms with E-state index in [-0.39, 0.29) is 18.1 Å². The lowest BCUT2D eigenvalue weighted by atomic mass is 10.2. The van der Waals surface area contributed by atoms with Crippen molar-refractivity contribution in [3.8, 4) is 11.5 Å². The molecule has 2 rings (SSSR count). The Balaban J connectivity index is 2.21. The van der Waals surface area contributed by atoms with Crippen LogP contribution in [0, 0.1) is 0 Å². The molecule has 0 spiro atoms. The second-order valence-electron chi connectivity index (χ2n) is 5.74. The van der Waals surface area contributed by atoms with Gasteiger partial charge in [-0.15, -0.1) is 0 Å². The average molecular weight is 317 g/mol. The van der Waals surface area contributed by atoms with E-state index < -0.39 is 0 Å². The summed E-state index contributed by atoms with van der Waals surface area (Å²) in [5, 5.41) is 7.07. The van der Waals surface area contributed by atoms with E-state index in [2.05, 4.69) is 10.4 Å². The number of amides is 1. The molecule has 0 aliphatic heterocycles. The van der Waals surface area contributed by atoms with Crippen molar-refractivity contribution in [1.29, 1.82) is 0 Å². The van der Waals surface area contributed by atoms with Crippen LogP contribution in [0.1, 0.15) is 44.1 Å². The van der Waals surface area contributed by atoms with Gasteiger partial charge in [0.15, 0.2) is 11.5 Å². The Morgan fingerprint density at radius 2 is 1.91 bits per heavy atom. The van der Waals surface area contributed by atoms with Crippen molar-refractivity contribution in [2.45, 2.75) is 39.8 Å². The number of benzene rings is 1. The predicted octanol–water partition coefficient (Wildman–Crippen LogP) is 3.51. The first-order valence-electron chi connectivity index (χ1n) is 7.62. The lowest BCUT2D eigenvalue weighted by molar-refractivity contribution is 0.102. The van der Waals surface area contributed by atoms with Crippen LogP contribution in [0.25, 0.3) is 0 Å². The third-order valence-corrected chi connectivity index (χ3v) is 3.19. The molecular weight excluding hydrogens is 294 g/mol. The van der Waals surface area contributed by atoms with Gasteiger partial charge in [0.25, 0.3) is 5.91 Å². The van der Waals surface area contributed by atoms with Gasteiger partial charge in [-0.25, -0.2) is 4.68 Å². The van der Waals surface area contributed by atoms with Gasteiger partial charge in [0.1, 0.15) is 5.82 Å². The van der Waals surface area contributed by atoms with Crippen molar-refractivity contribution in [3.05, 3.63) is 36.0 Å². The van der Waals surface area contributed by atoms with Crippen molar-refractivity contribution in [1.82, 2.24) is 9.78 Å². The van der Waals surface area contributed by atoms with Gasteiger partial charge in [-0.2, -0.15) is 5.10 Å². The van der Waals surface area contributed by atoms with E-state index in [1.165, 1.54) is 0 Å². The third kappa shape index (κ3) is 4.03. The number of nitrogens with one attached hydrogen (secondary N) is 1. The van der Waals surface area contributed by atoms with E-state index in [9.17, 15) is 4.79 Å². The van der Waals surface area contributed by atoms with E-state index in [0.717, 1.165) is 0 Å². The Hall–Kier alpha value is -2.50. The summed E-state index contributed by atoms with van der Waals surface area (Å²) in [7, 11) is 1.55. The van der Waals surface area contributed by atoms with Gasteiger partial charge in [0.05, 0.1) is 19.4 Å². The maximum absolute atomic E-state index is 12.4. The molecule has 6 heteroatoms. The summed E-state index contributed by atoms with van der Waals surface area (Å²) in [6, 6.07) is 7.06. The minimum absolute atomic E-state index is 0.0315. The zero-order valence-corrected chi connectivity index (χ0v) is 14.2. The quantitative estimate of drug-likeness (QED) is 0.885. The monoisotopic (exact) mass is 317 g/mol. The highest BCUT2D eigenvalue weighted by molar-refractivity contribution is 6.04. The normalized spacial score (nSPS) is 10.9. The van der Waals surface area contributed by atoms with Crippen LogP contribution in [0.4, 0.5) is 5.82 Å². The van der Waals surface area contributed by atoms with Gasteiger partial charge in [0, 0.05) is 17.7 Å². The molecule has 1 heterocycles. The van der Waals surface area contributed by atoms with Gasteiger partial charge in [-0.3, -0.25) is 4.79 Å². The summed E-state index contributed by atoms with van der Waals surface area (Å²) in [5.74, 6) is 1.59. The molecule has 0 saturated heterocycles. The highest BCUT2D eigenvalue weighted by Crippen LogP contribution is 2.29. The Labute approximate surface area is 136 Å². The van der Waals surface area contributed by atoms with Crippen molar-refractivity contribution in [2.24, 2.45) is 0 Å². The third-order valence-electron chi connectivity index (χ3n) is 3.19. The number of hydrogen-bond acceptors (Lipinski definition) is 4. The Bertz CT molecular complexity index is 677. The maximum Gasteiger partial charge on any atom is 0.256 e. The molecule has 0 aliphatic rings. The Morgan fingerprint density at radius 1 is 1.17 bits per heavy atom. The van der Waals surface area contributed by atoms with E-state index >= 15 is 0 Å². The molecule has 1 aromatic carbocycles. The molecule has 0 aliphatic carbocycles. The van der Waals surface area contributed by atoms with Crippen LogP contribution in [-0.2, 0) is 0 Å². The van der Waals surface area contributed by atoms with Crippen molar-refractivity contribution < 1.29 is 14.3 Å². The number of nitrogens with zero attached hydrogens (tertiary/aromatic N) is 2. The van der Waals surface area contributed by atoms with E-state index in [4.69, 9.17) is 9.47 Å². The topological polar surface area (TPSA) is 65.4 Å². The van der Waals surface area contributed by atoms with E-state index in [0.29, 0.717) is 22.9 Å². The zero-order chi connectivity index (χ0) is 17.0. The van der Waals surface area contributed by atoms with Gasteiger partial charge >= 0.3 is 0 Å². The van der Waals surface area contributed by atoms with Crippen LogP contribution >= 0.6 is 0 Å². The first-order valence-corrected chi connectivity index (χ1v) is 7.62. The molecular formula is C17H23N3O3. The number of aromatic nitrogens is 2. The van der Waals surface area contributed by atoms with Gasteiger partial charge in [0.2, 0.25) is 0 Å². The largest absolute Gasteiger partial charge is 0.493 e. The number of anilines is 1. The molecule has 23 heavy (non-hydrogen) atoms. The van der Waals surface area contributed by atoms with Crippen LogP contribution in [0.15, 0.2) is 30.5 Å². The molecule has 2 aromatic rings. The van der Waals surface area contributed by atoms with Crippen LogP contribution in [0.3, 0.4) is 0 Å². The molecule has 1 amide bonds. The fourth-order valence-corrected chi connectivity index (χ4v) is 2.17. The highest BCUT2D eigenvalue weighted by atomic mass is 16.5. The fourth-order valence-electron chi connectivity index (χ4n) is 2.17. The Morgan fingerprint density at radius 3 is 2.52 bits per heavy atom. The minimum Gasteiger partial charge on any atom is -0.493 e. The predicted molar refractivity (Wildman–Crippen MR) is 89.3 cm³/mol. The molecule has 0 atom stereocenters. The first-order chi connectivity index (χ1) is 10.9. The standard InChI is InChI=1S/C17H23N3O3/c1-11(2)20-16(8-9-18-20)19-17(21)13-6-7-14(23-12(3)4)15(10-13)22-5/h6-12H,1-5H3,(H,19,21). The van der Waals surface area contributed by atoms with Gasteiger partial charge < -0.3 is 14.8 Å². The number of methoxy groups -OCH3 is 1. The number of carbonyl (C=O) groups is 1. The molecule has 0 bridgehead atoms. The van der Waals surface area contributed by atoms with Crippen LogP contribution < -0.4 is 14.8 Å². The second kappa shape index (κ2) is 7.17. The number of rotatable bonds is 6. The first kappa shape index (κ1) is 16.9.